The van der Waals surface area contributed by atoms with Gasteiger partial charge in [0.05, 0.1) is 22.4 Å². The Balaban J connectivity index is 2.14. The summed E-state index contributed by atoms with van der Waals surface area (Å²) in [7, 11) is 1.53. The summed E-state index contributed by atoms with van der Waals surface area (Å²) in [4.78, 5) is 26.1. The van der Waals surface area contributed by atoms with Crippen LogP contribution in [-0.4, -0.2) is 36.3 Å². The number of thiophene rings is 1. The second kappa shape index (κ2) is 5.88. The van der Waals surface area contributed by atoms with Crippen molar-refractivity contribution >= 4 is 51.9 Å². The number of halogens is 1. The zero-order chi connectivity index (χ0) is 13.1. The van der Waals surface area contributed by atoms with Gasteiger partial charge in [-0.15, -0.1) is 11.3 Å². The Morgan fingerprint density at radius 1 is 1.44 bits per heavy atom. The van der Waals surface area contributed by atoms with E-state index in [9.17, 15) is 9.59 Å². The third kappa shape index (κ3) is 2.95. The van der Waals surface area contributed by atoms with Gasteiger partial charge in [-0.05, 0) is 30.0 Å². The molecule has 1 aliphatic rings. The summed E-state index contributed by atoms with van der Waals surface area (Å²) in [5, 5.41) is -0.258. The maximum Gasteiger partial charge on any atom is 0.293 e. The molecule has 1 aliphatic heterocycles. The first kappa shape index (κ1) is 13.6. The number of carbonyl (C=O) groups excluding carboxylic acids is 2. The lowest BCUT2D eigenvalue weighted by molar-refractivity contribution is -0.123. The molecule has 0 aromatic carbocycles. The van der Waals surface area contributed by atoms with Crippen molar-refractivity contribution in [3.8, 4) is 0 Å². The van der Waals surface area contributed by atoms with Crippen molar-refractivity contribution in [1.82, 2.24) is 4.90 Å². The molecular weight excluding hydrogens is 294 g/mol. The fraction of sp³-hybridized carbons (Fsp3) is 0.273. The number of nitrogens with zero attached hydrogens (tertiary/aromatic N) is 1. The first-order chi connectivity index (χ1) is 8.61. The first-order valence-corrected chi connectivity index (χ1v) is 7.12. The molecule has 0 saturated carbocycles. The lowest BCUT2D eigenvalue weighted by atomic mass is 10.4. The molecule has 18 heavy (non-hydrogen) atoms. The summed E-state index contributed by atoms with van der Waals surface area (Å²) in [6.45, 7) is 0.625. The molecule has 0 aliphatic carbocycles. The third-order valence-corrected chi connectivity index (χ3v) is 4.35. The minimum absolute atomic E-state index is 0.258. The summed E-state index contributed by atoms with van der Waals surface area (Å²) in [6.07, 6.45) is 1.69. The van der Waals surface area contributed by atoms with E-state index in [1.807, 2.05) is 6.07 Å². The molecule has 96 valence electrons. The molecule has 0 radical (unpaired) electrons. The molecule has 2 heterocycles. The van der Waals surface area contributed by atoms with Crippen molar-refractivity contribution in [2.45, 2.75) is 0 Å². The van der Waals surface area contributed by atoms with Gasteiger partial charge in [0.1, 0.15) is 0 Å². The normalized spacial score (nSPS) is 18.1. The zero-order valence-electron chi connectivity index (χ0n) is 9.51. The van der Waals surface area contributed by atoms with E-state index < -0.39 is 0 Å². The molecule has 2 amide bonds. The lowest BCUT2D eigenvalue weighted by Crippen LogP contribution is -2.31. The molecule has 4 nitrogen and oxygen atoms in total. The number of imide groups is 1. The predicted molar refractivity (Wildman–Crippen MR) is 73.9 cm³/mol. The molecule has 1 aromatic heterocycles. The highest BCUT2D eigenvalue weighted by atomic mass is 35.5. The Bertz CT molecular complexity index is 512. The number of thioether (sulfide) groups is 1. The van der Waals surface area contributed by atoms with Crippen LogP contribution in [0.4, 0.5) is 4.79 Å². The number of hydrogen-bond acceptors (Lipinski definition) is 5. The number of rotatable bonds is 4. The largest absolute Gasteiger partial charge is 0.383 e. The summed E-state index contributed by atoms with van der Waals surface area (Å²) in [6, 6.07) is 3.57. The Hall–Kier alpha value is -0.820. The maximum absolute atomic E-state index is 12.0. The van der Waals surface area contributed by atoms with Crippen LogP contribution in [0.1, 0.15) is 4.88 Å². The second-order valence-corrected chi connectivity index (χ2v) is 6.21. The molecular formula is C11H10ClNO3S2. The summed E-state index contributed by atoms with van der Waals surface area (Å²) < 4.78 is 5.52. The average Bonchev–Trinajstić information content (AvgIpc) is 2.84. The molecule has 0 unspecified atom stereocenters. The van der Waals surface area contributed by atoms with Crippen LogP contribution in [0.5, 0.6) is 0 Å². The van der Waals surface area contributed by atoms with Crippen molar-refractivity contribution in [2.75, 3.05) is 20.3 Å². The number of carbonyl (C=O) groups is 2. The van der Waals surface area contributed by atoms with Crippen LogP contribution in [0.3, 0.4) is 0 Å². The van der Waals surface area contributed by atoms with E-state index in [-0.39, 0.29) is 17.7 Å². The minimum atomic E-state index is -0.272. The quantitative estimate of drug-likeness (QED) is 0.802. The average molecular weight is 304 g/mol. The van der Waals surface area contributed by atoms with Crippen molar-refractivity contribution < 1.29 is 14.3 Å². The Morgan fingerprint density at radius 3 is 2.83 bits per heavy atom. The van der Waals surface area contributed by atoms with E-state index in [2.05, 4.69) is 0 Å². The van der Waals surface area contributed by atoms with Gasteiger partial charge in [-0.3, -0.25) is 14.5 Å². The van der Waals surface area contributed by atoms with Crippen LogP contribution >= 0.6 is 34.7 Å². The van der Waals surface area contributed by atoms with E-state index in [0.717, 1.165) is 16.6 Å². The molecule has 0 bridgehead atoms. The van der Waals surface area contributed by atoms with Gasteiger partial charge in [-0.2, -0.15) is 0 Å². The molecule has 0 spiro atoms. The molecule has 1 aromatic rings. The van der Waals surface area contributed by atoms with Crippen molar-refractivity contribution in [2.24, 2.45) is 0 Å². The van der Waals surface area contributed by atoms with Crippen LogP contribution in [-0.2, 0) is 9.53 Å². The van der Waals surface area contributed by atoms with Crippen LogP contribution in [0.15, 0.2) is 17.0 Å². The SMILES string of the molecule is COCCN1C(=O)S/C(=C/c2ccc(Cl)s2)C1=O. The van der Waals surface area contributed by atoms with Gasteiger partial charge in [0, 0.05) is 12.0 Å². The smallest absolute Gasteiger partial charge is 0.293 e. The van der Waals surface area contributed by atoms with E-state index in [1.165, 1.54) is 23.3 Å². The van der Waals surface area contributed by atoms with Gasteiger partial charge in [0.25, 0.3) is 11.1 Å². The maximum atomic E-state index is 12.0. The van der Waals surface area contributed by atoms with Gasteiger partial charge in [0.2, 0.25) is 0 Å². The number of amides is 2. The van der Waals surface area contributed by atoms with Gasteiger partial charge in [-0.25, -0.2) is 0 Å². The van der Waals surface area contributed by atoms with Crippen molar-refractivity contribution in [3.05, 3.63) is 26.3 Å². The summed E-state index contributed by atoms with van der Waals surface area (Å²) in [5.41, 5.74) is 0. The highest BCUT2D eigenvalue weighted by Gasteiger charge is 2.34. The highest BCUT2D eigenvalue weighted by molar-refractivity contribution is 8.18. The van der Waals surface area contributed by atoms with Crippen LogP contribution in [0.2, 0.25) is 4.34 Å². The summed E-state index contributed by atoms with van der Waals surface area (Å²) in [5.74, 6) is -0.272. The van der Waals surface area contributed by atoms with E-state index in [4.69, 9.17) is 16.3 Å². The molecule has 1 fully saturated rings. The molecule has 0 atom stereocenters. The third-order valence-electron chi connectivity index (χ3n) is 2.26. The van der Waals surface area contributed by atoms with Crippen LogP contribution < -0.4 is 0 Å². The second-order valence-electron chi connectivity index (χ2n) is 3.47. The van der Waals surface area contributed by atoms with E-state index in [1.54, 1.807) is 12.1 Å². The molecule has 0 N–H and O–H groups in total. The Morgan fingerprint density at radius 2 is 2.22 bits per heavy atom. The summed E-state index contributed by atoms with van der Waals surface area (Å²) >= 11 is 8.12. The monoisotopic (exact) mass is 303 g/mol. The Labute approximate surface area is 118 Å². The fourth-order valence-corrected chi connectivity index (χ4v) is 3.35. The topological polar surface area (TPSA) is 46.6 Å². The van der Waals surface area contributed by atoms with E-state index in [0.29, 0.717) is 15.8 Å². The number of methoxy groups -OCH3 is 1. The van der Waals surface area contributed by atoms with E-state index >= 15 is 0 Å². The Kier molecular flexibility index (Phi) is 4.45. The molecule has 1 saturated heterocycles. The van der Waals surface area contributed by atoms with Gasteiger partial charge < -0.3 is 4.74 Å². The van der Waals surface area contributed by atoms with Gasteiger partial charge in [-0.1, -0.05) is 11.6 Å². The molecule has 2 rings (SSSR count). The molecule has 7 heteroatoms. The van der Waals surface area contributed by atoms with Gasteiger partial charge in [0.15, 0.2) is 0 Å². The highest BCUT2D eigenvalue weighted by Crippen LogP contribution is 2.33. The number of hydrogen-bond donors (Lipinski definition) is 0. The number of ether oxygens (including phenoxy) is 1. The lowest BCUT2D eigenvalue weighted by Gasteiger charge is -2.10. The predicted octanol–water partition coefficient (Wildman–Crippen LogP) is 3.08. The first-order valence-electron chi connectivity index (χ1n) is 5.11. The van der Waals surface area contributed by atoms with Crippen molar-refractivity contribution in [1.29, 1.82) is 0 Å². The van der Waals surface area contributed by atoms with Crippen LogP contribution in [0, 0.1) is 0 Å². The van der Waals surface area contributed by atoms with Crippen molar-refractivity contribution in [3.63, 3.8) is 0 Å². The standard InChI is InChI=1S/C11H10ClNO3S2/c1-16-5-4-13-10(14)8(18-11(13)15)6-7-2-3-9(12)17-7/h2-3,6H,4-5H2,1H3/b8-6+. The fourth-order valence-electron chi connectivity index (χ4n) is 1.41. The minimum Gasteiger partial charge on any atom is -0.383 e. The van der Waals surface area contributed by atoms with Gasteiger partial charge >= 0.3 is 0 Å². The van der Waals surface area contributed by atoms with Crippen LogP contribution in [0.25, 0.3) is 6.08 Å². The zero-order valence-corrected chi connectivity index (χ0v) is 11.9.